The Balaban J connectivity index is 1.68. The molecule has 0 spiro atoms. The number of benzene rings is 1. The summed E-state index contributed by atoms with van der Waals surface area (Å²) in [6.07, 6.45) is 3.55. The minimum absolute atomic E-state index is 0.0354. The molecule has 1 aromatic carbocycles. The molecule has 0 saturated carbocycles. The van der Waals surface area contributed by atoms with Crippen molar-refractivity contribution in [3.05, 3.63) is 47.4 Å². The Bertz CT molecular complexity index is 714. The van der Waals surface area contributed by atoms with E-state index in [9.17, 15) is 4.79 Å². The number of para-hydroxylation sites is 1. The van der Waals surface area contributed by atoms with Crippen LogP contribution in [0.25, 0.3) is 6.08 Å². The van der Waals surface area contributed by atoms with Crippen LogP contribution in [0, 0.1) is 0 Å². The van der Waals surface area contributed by atoms with Gasteiger partial charge in [0, 0.05) is 31.7 Å². The van der Waals surface area contributed by atoms with Crippen LogP contribution in [-0.4, -0.2) is 66.0 Å². The number of carbonyl (C=O) groups excluding carboxylic acids is 1. The molecule has 1 amide bonds. The summed E-state index contributed by atoms with van der Waals surface area (Å²) in [6, 6.07) is 7.64. The van der Waals surface area contributed by atoms with Crippen LogP contribution in [0.15, 0.2) is 41.8 Å². The second-order valence-corrected chi connectivity index (χ2v) is 7.60. The molecule has 0 N–H and O–H groups in total. The first-order valence-electron chi connectivity index (χ1n) is 8.57. The van der Waals surface area contributed by atoms with Crippen molar-refractivity contribution >= 4 is 40.3 Å². The lowest BCUT2D eigenvalue weighted by molar-refractivity contribution is -0.122. The Morgan fingerprint density at radius 2 is 2.04 bits per heavy atom. The van der Waals surface area contributed by atoms with Gasteiger partial charge in [-0.05, 0) is 12.1 Å². The molecule has 0 radical (unpaired) electrons. The summed E-state index contributed by atoms with van der Waals surface area (Å²) in [6.45, 7) is 8.81. The average molecular weight is 391 g/mol. The number of thioether (sulfide) groups is 1. The maximum absolute atomic E-state index is 12.8. The predicted molar refractivity (Wildman–Crippen MR) is 109 cm³/mol. The molecule has 0 aromatic heterocycles. The maximum Gasteiger partial charge on any atom is 0.266 e. The van der Waals surface area contributed by atoms with E-state index in [4.69, 9.17) is 21.7 Å². The van der Waals surface area contributed by atoms with Crippen molar-refractivity contribution in [2.24, 2.45) is 0 Å². The largest absolute Gasteiger partial charge is 0.489 e. The first-order valence-corrected chi connectivity index (χ1v) is 9.79. The molecule has 2 heterocycles. The topological polar surface area (TPSA) is 42.0 Å². The molecule has 5 nitrogen and oxygen atoms in total. The van der Waals surface area contributed by atoms with E-state index in [0.717, 1.165) is 44.2 Å². The minimum atomic E-state index is -0.0354. The van der Waals surface area contributed by atoms with Gasteiger partial charge in [-0.1, -0.05) is 54.8 Å². The number of hydrogen-bond acceptors (Lipinski definition) is 6. The number of amides is 1. The van der Waals surface area contributed by atoms with Crippen LogP contribution in [0.4, 0.5) is 0 Å². The normalized spacial score (nSPS) is 20.0. The summed E-state index contributed by atoms with van der Waals surface area (Å²) in [4.78, 5) is 17.4. The lowest BCUT2D eigenvalue weighted by Gasteiger charge is -2.28. The van der Waals surface area contributed by atoms with Gasteiger partial charge < -0.3 is 9.47 Å². The monoisotopic (exact) mass is 390 g/mol. The van der Waals surface area contributed by atoms with E-state index in [1.54, 1.807) is 11.0 Å². The highest BCUT2D eigenvalue weighted by Gasteiger charge is 2.32. The van der Waals surface area contributed by atoms with Gasteiger partial charge in [-0.3, -0.25) is 14.6 Å². The van der Waals surface area contributed by atoms with Crippen LogP contribution in [0.2, 0.25) is 0 Å². The SMILES string of the molecule is C=CCOc1ccccc1/C=C1\SC(=S)N(CCN2CCOCC2)C1=O. The fourth-order valence-electron chi connectivity index (χ4n) is 2.78. The summed E-state index contributed by atoms with van der Waals surface area (Å²) < 4.78 is 11.6. The summed E-state index contributed by atoms with van der Waals surface area (Å²) in [7, 11) is 0. The molecule has 2 aliphatic rings. The van der Waals surface area contributed by atoms with E-state index in [1.807, 2.05) is 30.3 Å². The van der Waals surface area contributed by atoms with Gasteiger partial charge in [0.2, 0.25) is 0 Å². The van der Waals surface area contributed by atoms with Crippen LogP contribution in [0.1, 0.15) is 5.56 Å². The third kappa shape index (κ3) is 4.73. The number of carbonyl (C=O) groups is 1. The molecular formula is C19H22N2O3S2. The zero-order valence-electron chi connectivity index (χ0n) is 14.6. The molecule has 0 bridgehead atoms. The van der Waals surface area contributed by atoms with Crippen LogP contribution in [0.3, 0.4) is 0 Å². The Kier molecular flexibility index (Phi) is 6.85. The van der Waals surface area contributed by atoms with Crippen molar-refractivity contribution in [1.82, 2.24) is 9.80 Å². The molecule has 3 rings (SSSR count). The zero-order valence-corrected chi connectivity index (χ0v) is 16.2. The Morgan fingerprint density at radius 1 is 1.27 bits per heavy atom. The number of hydrogen-bond donors (Lipinski definition) is 0. The smallest absolute Gasteiger partial charge is 0.266 e. The number of ether oxygens (including phenoxy) is 2. The second kappa shape index (κ2) is 9.32. The summed E-state index contributed by atoms with van der Waals surface area (Å²) in [5, 5.41) is 0. The number of rotatable bonds is 7. The molecule has 138 valence electrons. The molecule has 0 aliphatic carbocycles. The quantitative estimate of drug-likeness (QED) is 0.405. The first-order chi connectivity index (χ1) is 12.7. The van der Waals surface area contributed by atoms with Crippen molar-refractivity contribution < 1.29 is 14.3 Å². The van der Waals surface area contributed by atoms with E-state index < -0.39 is 0 Å². The Labute approximate surface area is 163 Å². The molecule has 1 aromatic rings. The molecule has 2 saturated heterocycles. The van der Waals surface area contributed by atoms with Crippen molar-refractivity contribution in [3.63, 3.8) is 0 Å². The van der Waals surface area contributed by atoms with Crippen LogP contribution < -0.4 is 4.74 Å². The highest BCUT2D eigenvalue weighted by Crippen LogP contribution is 2.34. The lowest BCUT2D eigenvalue weighted by atomic mass is 10.2. The van der Waals surface area contributed by atoms with Crippen LogP contribution in [-0.2, 0) is 9.53 Å². The highest BCUT2D eigenvalue weighted by molar-refractivity contribution is 8.26. The fraction of sp³-hybridized carbons (Fsp3) is 0.368. The fourth-order valence-corrected chi connectivity index (χ4v) is 4.08. The Hall–Kier alpha value is -1.67. The molecule has 0 atom stereocenters. The van der Waals surface area contributed by atoms with Gasteiger partial charge in [-0.2, -0.15) is 0 Å². The third-order valence-corrected chi connectivity index (χ3v) is 5.56. The summed E-state index contributed by atoms with van der Waals surface area (Å²) >= 11 is 6.77. The second-order valence-electron chi connectivity index (χ2n) is 5.92. The van der Waals surface area contributed by atoms with Gasteiger partial charge in [-0.15, -0.1) is 0 Å². The minimum Gasteiger partial charge on any atom is -0.489 e. The van der Waals surface area contributed by atoms with Gasteiger partial charge in [-0.25, -0.2) is 0 Å². The van der Waals surface area contributed by atoms with Gasteiger partial charge >= 0.3 is 0 Å². The van der Waals surface area contributed by atoms with Crippen molar-refractivity contribution in [3.8, 4) is 5.75 Å². The molecule has 7 heteroatoms. The number of morpholine rings is 1. The van der Waals surface area contributed by atoms with E-state index in [1.165, 1.54) is 11.8 Å². The van der Waals surface area contributed by atoms with Crippen molar-refractivity contribution in [2.45, 2.75) is 0 Å². The van der Waals surface area contributed by atoms with Gasteiger partial charge in [0.15, 0.2) is 0 Å². The van der Waals surface area contributed by atoms with Crippen molar-refractivity contribution in [1.29, 1.82) is 0 Å². The van der Waals surface area contributed by atoms with Gasteiger partial charge in [0.1, 0.15) is 16.7 Å². The van der Waals surface area contributed by atoms with E-state index >= 15 is 0 Å². The average Bonchev–Trinajstić information content (AvgIpc) is 2.93. The van der Waals surface area contributed by atoms with E-state index in [0.29, 0.717) is 22.4 Å². The number of nitrogens with zero attached hydrogens (tertiary/aromatic N) is 2. The molecular weight excluding hydrogens is 368 g/mol. The van der Waals surface area contributed by atoms with Gasteiger partial charge in [0.05, 0.1) is 18.1 Å². The number of thiocarbonyl (C=S) groups is 1. The standard InChI is InChI=1S/C19H22N2O3S2/c1-2-11-24-16-6-4-3-5-15(16)14-17-18(22)21(19(25)26-17)8-7-20-9-12-23-13-10-20/h2-6,14H,1,7-13H2/b17-14-. The maximum atomic E-state index is 12.8. The molecule has 0 unspecified atom stereocenters. The predicted octanol–water partition coefficient (Wildman–Crippen LogP) is 2.78. The molecule has 2 aliphatic heterocycles. The first kappa shape index (κ1) is 19.1. The highest BCUT2D eigenvalue weighted by atomic mass is 32.2. The van der Waals surface area contributed by atoms with Crippen LogP contribution in [0.5, 0.6) is 5.75 Å². The molecule has 2 fully saturated rings. The Morgan fingerprint density at radius 3 is 2.81 bits per heavy atom. The zero-order chi connectivity index (χ0) is 18.4. The van der Waals surface area contributed by atoms with Gasteiger partial charge in [0.25, 0.3) is 5.91 Å². The van der Waals surface area contributed by atoms with Crippen LogP contribution >= 0.6 is 24.0 Å². The summed E-state index contributed by atoms with van der Waals surface area (Å²) in [5.74, 6) is 0.692. The van der Waals surface area contributed by atoms with Crippen molar-refractivity contribution in [2.75, 3.05) is 46.0 Å². The summed E-state index contributed by atoms with van der Waals surface area (Å²) in [5.41, 5.74) is 0.864. The van der Waals surface area contributed by atoms with E-state index in [2.05, 4.69) is 11.5 Å². The molecule has 26 heavy (non-hydrogen) atoms. The third-order valence-electron chi connectivity index (χ3n) is 4.18. The van der Waals surface area contributed by atoms with E-state index in [-0.39, 0.29) is 5.91 Å². The lowest BCUT2D eigenvalue weighted by Crippen LogP contribution is -2.42.